The number of hydrogen-bond donors (Lipinski definition) is 2. The predicted molar refractivity (Wildman–Crippen MR) is 54.9 cm³/mol. The molecule has 0 fully saturated rings. The number of hydrogen-bond acceptors (Lipinski definition) is 5. The van der Waals surface area contributed by atoms with Gasteiger partial charge in [-0.3, -0.25) is 0 Å². The molecule has 5 nitrogen and oxygen atoms in total. The molecule has 0 aromatic carbocycles. The monoisotopic (exact) mass is 194 g/mol. The number of rotatable bonds is 5. The van der Waals surface area contributed by atoms with Gasteiger partial charge in [-0.2, -0.15) is 0 Å². The maximum atomic E-state index is 5.40. The number of nitrogens with zero attached hydrogens (tertiary/aromatic N) is 2. The summed E-state index contributed by atoms with van der Waals surface area (Å²) in [7, 11) is 0. The first-order valence-electron chi connectivity index (χ1n) is 4.31. The van der Waals surface area contributed by atoms with Crippen LogP contribution in [-0.4, -0.2) is 16.6 Å². The average molecular weight is 194 g/mol. The van der Waals surface area contributed by atoms with Gasteiger partial charge in [-0.25, -0.2) is 15.8 Å². The fourth-order valence-corrected chi connectivity index (χ4v) is 0.964. The molecule has 0 bridgehead atoms. The molecule has 5 heteroatoms. The quantitative estimate of drug-likeness (QED) is 0.317. The summed E-state index contributed by atoms with van der Waals surface area (Å²) in [6.07, 6.45) is 3.99. The van der Waals surface area contributed by atoms with Gasteiger partial charge in [-0.15, -0.1) is 6.58 Å². The number of ether oxygens (including phenoxy) is 1. The van der Waals surface area contributed by atoms with Gasteiger partial charge >= 0.3 is 0 Å². The molecule has 0 saturated carbocycles. The molecule has 0 amide bonds. The van der Waals surface area contributed by atoms with Crippen molar-refractivity contribution in [3.8, 4) is 5.88 Å². The van der Waals surface area contributed by atoms with Crippen LogP contribution in [0.5, 0.6) is 5.88 Å². The number of nitrogens with one attached hydrogen (secondary N) is 1. The van der Waals surface area contributed by atoms with Crippen LogP contribution >= 0.6 is 0 Å². The number of anilines is 1. The summed E-state index contributed by atoms with van der Waals surface area (Å²) in [6.45, 7) is 6.01. The second-order valence-electron chi connectivity index (χ2n) is 2.72. The molecule has 76 valence electrons. The minimum atomic E-state index is 0.551. The smallest absolute Gasteiger partial charge is 0.221 e. The standard InChI is InChI=1S/C9H14N4O/c1-3-4-5-14-9-7(2)8(13-10)11-6-12-9/h3,6H,1,4-5,10H2,2H3,(H,11,12,13). The second kappa shape index (κ2) is 5.18. The maximum absolute atomic E-state index is 5.40. The normalized spacial score (nSPS) is 9.57. The molecule has 1 aromatic heterocycles. The van der Waals surface area contributed by atoms with Crippen LogP contribution in [0.1, 0.15) is 12.0 Å². The van der Waals surface area contributed by atoms with Crippen molar-refractivity contribution in [2.45, 2.75) is 13.3 Å². The van der Waals surface area contributed by atoms with E-state index in [-0.39, 0.29) is 0 Å². The lowest BCUT2D eigenvalue weighted by Crippen LogP contribution is -2.11. The van der Waals surface area contributed by atoms with Gasteiger partial charge in [0, 0.05) is 0 Å². The Morgan fingerprint density at radius 2 is 2.43 bits per heavy atom. The molecular weight excluding hydrogens is 180 g/mol. The van der Waals surface area contributed by atoms with Crippen LogP contribution in [0.3, 0.4) is 0 Å². The number of aromatic nitrogens is 2. The Morgan fingerprint density at radius 1 is 1.64 bits per heavy atom. The van der Waals surface area contributed by atoms with E-state index in [0.717, 1.165) is 12.0 Å². The zero-order valence-corrected chi connectivity index (χ0v) is 8.16. The SMILES string of the molecule is C=CCCOc1ncnc(NN)c1C. The molecule has 0 radical (unpaired) electrons. The molecule has 1 aromatic rings. The van der Waals surface area contributed by atoms with Crippen LogP contribution in [0, 0.1) is 6.92 Å². The molecule has 0 aliphatic rings. The molecule has 0 aliphatic carbocycles. The van der Waals surface area contributed by atoms with Gasteiger partial charge in [0.25, 0.3) is 0 Å². The van der Waals surface area contributed by atoms with Gasteiger partial charge in [-0.05, 0) is 13.3 Å². The Balaban J connectivity index is 2.71. The highest BCUT2D eigenvalue weighted by Crippen LogP contribution is 2.19. The summed E-state index contributed by atoms with van der Waals surface area (Å²) >= 11 is 0. The van der Waals surface area contributed by atoms with Gasteiger partial charge < -0.3 is 10.2 Å². The van der Waals surface area contributed by atoms with Crippen LogP contribution in [0.4, 0.5) is 5.82 Å². The number of nitrogens with two attached hydrogens (primary N) is 1. The van der Waals surface area contributed by atoms with Crippen molar-refractivity contribution in [2.24, 2.45) is 5.84 Å². The highest BCUT2D eigenvalue weighted by molar-refractivity contribution is 5.46. The van der Waals surface area contributed by atoms with E-state index in [0.29, 0.717) is 18.3 Å². The third-order valence-corrected chi connectivity index (χ3v) is 1.74. The lowest BCUT2D eigenvalue weighted by Gasteiger charge is -2.08. The summed E-state index contributed by atoms with van der Waals surface area (Å²) in [5.41, 5.74) is 3.28. The topological polar surface area (TPSA) is 73.1 Å². The maximum Gasteiger partial charge on any atom is 0.221 e. The molecule has 0 aliphatic heterocycles. The zero-order valence-electron chi connectivity index (χ0n) is 8.16. The Bertz CT molecular complexity index is 314. The largest absolute Gasteiger partial charge is 0.477 e. The molecule has 14 heavy (non-hydrogen) atoms. The highest BCUT2D eigenvalue weighted by atomic mass is 16.5. The van der Waals surface area contributed by atoms with Crippen molar-refractivity contribution in [1.82, 2.24) is 9.97 Å². The molecule has 0 spiro atoms. The molecule has 0 atom stereocenters. The highest BCUT2D eigenvalue weighted by Gasteiger charge is 2.05. The minimum Gasteiger partial charge on any atom is -0.477 e. The Kier molecular flexibility index (Phi) is 3.87. The zero-order chi connectivity index (χ0) is 10.4. The van der Waals surface area contributed by atoms with Gasteiger partial charge in [0.1, 0.15) is 12.1 Å². The van der Waals surface area contributed by atoms with Gasteiger partial charge in [0.15, 0.2) is 0 Å². The van der Waals surface area contributed by atoms with E-state index in [2.05, 4.69) is 22.0 Å². The summed E-state index contributed by atoms with van der Waals surface area (Å²) in [6, 6.07) is 0. The molecular formula is C9H14N4O. The van der Waals surface area contributed by atoms with Crippen LogP contribution in [0.25, 0.3) is 0 Å². The van der Waals surface area contributed by atoms with Crippen LogP contribution in [0.2, 0.25) is 0 Å². The van der Waals surface area contributed by atoms with E-state index in [9.17, 15) is 0 Å². The van der Waals surface area contributed by atoms with E-state index in [1.54, 1.807) is 6.08 Å². The van der Waals surface area contributed by atoms with Gasteiger partial charge in [0.2, 0.25) is 5.88 Å². The van der Waals surface area contributed by atoms with Crippen LogP contribution in [0.15, 0.2) is 19.0 Å². The summed E-state index contributed by atoms with van der Waals surface area (Å²) in [5, 5.41) is 0. The third-order valence-electron chi connectivity index (χ3n) is 1.74. The van der Waals surface area contributed by atoms with Gasteiger partial charge in [0.05, 0.1) is 12.2 Å². The summed E-state index contributed by atoms with van der Waals surface area (Å²) in [5.74, 6) is 6.39. The molecule has 1 rings (SSSR count). The minimum absolute atomic E-state index is 0.551. The number of nitrogen functional groups attached to an aromatic ring is 1. The van der Waals surface area contributed by atoms with E-state index >= 15 is 0 Å². The average Bonchev–Trinajstić information content (AvgIpc) is 2.21. The lowest BCUT2D eigenvalue weighted by molar-refractivity contribution is 0.309. The first-order valence-corrected chi connectivity index (χ1v) is 4.31. The Labute approximate surface area is 83.0 Å². The van der Waals surface area contributed by atoms with Crippen molar-refractivity contribution in [2.75, 3.05) is 12.0 Å². The van der Waals surface area contributed by atoms with Crippen molar-refractivity contribution >= 4 is 5.82 Å². The lowest BCUT2D eigenvalue weighted by atomic mass is 10.3. The fraction of sp³-hybridized carbons (Fsp3) is 0.333. The van der Waals surface area contributed by atoms with Crippen LogP contribution in [-0.2, 0) is 0 Å². The third kappa shape index (κ3) is 2.43. The van der Waals surface area contributed by atoms with Crippen molar-refractivity contribution < 1.29 is 4.74 Å². The van der Waals surface area contributed by atoms with E-state index in [4.69, 9.17) is 10.6 Å². The van der Waals surface area contributed by atoms with Gasteiger partial charge in [-0.1, -0.05) is 6.08 Å². The van der Waals surface area contributed by atoms with Crippen molar-refractivity contribution in [3.63, 3.8) is 0 Å². The summed E-state index contributed by atoms with van der Waals surface area (Å²) in [4.78, 5) is 7.93. The second-order valence-corrected chi connectivity index (χ2v) is 2.72. The molecule has 0 saturated heterocycles. The van der Waals surface area contributed by atoms with E-state index in [1.807, 2.05) is 6.92 Å². The Hall–Kier alpha value is -1.62. The van der Waals surface area contributed by atoms with E-state index in [1.165, 1.54) is 6.33 Å². The number of hydrazine groups is 1. The first-order chi connectivity index (χ1) is 6.79. The van der Waals surface area contributed by atoms with Crippen molar-refractivity contribution in [3.05, 3.63) is 24.5 Å². The molecule has 1 heterocycles. The Morgan fingerprint density at radius 3 is 3.07 bits per heavy atom. The van der Waals surface area contributed by atoms with Crippen molar-refractivity contribution in [1.29, 1.82) is 0 Å². The predicted octanol–water partition coefficient (Wildman–Crippen LogP) is 1.03. The molecule has 0 unspecified atom stereocenters. The fourth-order valence-electron chi connectivity index (χ4n) is 0.964. The molecule has 3 N–H and O–H groups in total. The summed E-state index contributed by atoms with van der Waals surface area (Å²) < 4.78 is 5.40. The first kappa shape index (κ1) is 10.5. The van der Waals surface area contributed by atoms with E-state index < -0.39 is 0 Å². The van der Waals surface area contributed by atoms with Crippen LogP contribution < -0.4 is 16.0 Å².